The maximum atomic E-state index is 4.18. The quantitative estimate of drug-likeness (QED) is 0.774. The molecule has 0 bridgehead atoms. The molecule has 0 spiro atoms. The molecule has 0 radical (unpaired) electrons. The second-order valence-electron chi connectivity index (χ2n) is 3.28. The second kappa shape index (κ2) is 5.97. The zero-order valence-corrected chi connectivity index (χ0v) is 10.3. The van der Waals surface area contributed by atoms with Crippen LogP contribution in [-0.4, -0.2) is 4.98 Å². The molecule has 0 unspecified atom stereocenters. The van der Waals surface area contributed by atoms with Gasteiger partial charge in [0.05, 0.1) is 0 Å². The number of aromatic nitrogens is 1. The van der Waals surface area contributed by atoms with Crippen molar-refractivity contribution in [3.8, 4) is 0 Å². The van der Waals surface area contributed by atoms with Crippen LogP contribution in [0.2, 0.25) is 0 Å². The molecule has 14 heavy (non-hydrogen) atoms. The fraction of sp³-hybridized carbons (Fsp3) is 0.417. The first-order valence-corrected chi connectivity index (χ1v) is 5.87. The number of pyridine rings is 1. The van der Waals surface area contributed by atoms with Gasteiger partial charge in [-0.25, -0.2) is 0 Å². The highest BCUT2D eigenvalue weighted by Crippen LogP contribution is 2.22. The van der Waals surface area contributed by atoms with Crippen molar-refractivity contribution in [1.82, 2.24) is 4.98 Å². The van der Waals surface area contributed by atoms with Crippen molar-refractivity contribution in [2.24, 2.45) is 0 Å². The van der Waals surface area contributed by atoms with E-state index < -0.39 is 0 Å². The molecule has 0 N–H and O–H groups in total. The van der Waals surface area contributed by atoms with Crippen LogP contribution in [0.25, 0.3) is 5.57 Å². The van der Waals surface area contributed by atoms with Gasteiger partial charge in [-0.15, -0.1) is 0 Å². The highest BCUT2D eigenvalue weighted by Gasteiger charge is 2.00. The zero-order chi connectivity index (χ0) is 10.4. The number of halogens is 1. The summed E-state index contributed by atoms with van der Waals surface area (Å²) in [5, 5.41) is 0. The molecular weight excluding hydrogens is 238 g/mol. The van der Waals surface area contributed by atoms with Gasteiger partial charge in [0.15, 0.2) is 0 Å². The Hall–Kier alpha value is -0.630. The molecule has 1 aromatic rings. The molecule has 0 aliphatic heterocycles. The average molecular weight is 254 g/mol. The molecule has 1 aromatic heterocycles. The van der Waals surface area contributed by atoms with Gasteiger partial charge in [-0.3, -0.25) is 4.98 Å². The molecule has 1 nitrogen and oxygen atoms in total. The zero-order valence-electron chi connectivity index (χ0n) is 8.76. The molecular formula is C12H16BrN. The van der Waals surface area contributed by atoms with E-state index in [1.54, 1.807) is 0 Å². The molecule has 1 rings (SSSR count). The third-order valence-electron chi connectivity index (χ3n) is 2.05. The lowest BCUT2D eigenvalue weighted by Gasteiger charge is -2.05. The predicted molar refractivity (Wildman–Crippen MR) is 65.1 cm³/mol. The molecule has 0 atom stereocenters. The Morgan fingerprint density at radius 2 is 2.21 bits per heavy atom. The van der Waals surface area contributed by atoms with Crippen molar-refractivity contribution < 1.29 is 0 Å². The van der Waals surface area contributed by atoms with Crippen LogP contribution in [0.4, 0.5) is 0 Å². The smallest absolute Gasteiger partial charge is 0.0410 e. The van der Waals surface area contributed by atoms with Gasteiger partial charge in [-0.1, -0.05) is 26.3 Å². The molecule has 1 heterocycles. The fourth-order valence-corrected chi connectivity index (χ4v) is 1.83. The van der Waals surface area contributed by atoms with E-state index in [1.165, 1.54) is 17.6 Å². The Kier molecular flexibility index (Phi) is 4.88. The fourth-order valence-electron chi connectivity index (χ4n) is 1.47. The minimum atomic E-state index is 1.05. The number of rotatable bonds is 4. The lowest BCUT2D eigenvalue weighted by atomic mass is 10.0. The molecule has 0 aliphatic rings. The van der Waals surface area contributed by atoms with Gasteiger partial charge >= 0.3 is 0 Å². The maximum Gasteiger partial charge on any atom is 0.0410 e. The third-order valence-corrected chi connectivity index (χ3v) is 2.48. The molecule has 76 valence electrons. The molecule has 0 amide bonds. The van der Waals surface area contributed by atoms with Crippen LogP contribution in [0.5, 0.6) is 0 Å². The summed E-state index contributed by atoms with van der Waals surface area (Å²) >= 11 is 3.44. The summed E-state index contributed by atoms with van der Waals surface area (Å²) in [5.41, 5.74) is 2.65. The molecule has 0 saturated heterocycles. The van der Waals surface area contributed by atoms with Crippen molar-refractivity contribution in [3.63, 3.8) is 0 Å². The second-order valence-corrected chi connectivity index (χ2v) is 4.20. The van der Waals surface area contributed by atoms with Crippen LogP contribution < -0.4 is 0 Å². The lowest BCUT2D eigenvalue weighted by Crippen LogP contribution is -1.86. The van der Waals surface area contributed by atoms with Crippen molar-refractivity contribution in [2.45, 2.75) is 33.1 Å². The lowest BCUT2D eigenvalue weighted by molar-refractivity contribution is 0.965. The van der Waals surface area contributed by atoms with Crippen LogP contribution in [0.15, 0.2) is 29.0 Å². The minimum absolute atomic E-state index is 1.05. The van der Waals surface area contributed by atoms with E-state index in [9.17, 15) is 0 Å². The summed E-state index contributed by atoms with van der Waals surface area (Å²) in [6.45, 7) is 4.37. The Morgan fingerprint density at radius 1 is 1.43 bits per heavy atom. The van der Waals surface area contributed by atoms with E-state index in [0.717, 1.165) is 17.3 Å². The Balaban J connectivity index is 2.93. The standard InChI is InChI=1S/C12H16BrN/c1-3-5-10(6-4-2)11-7-12(13)9-14-8-11/h5,7-9H,3-4,6H2,1-2H3/b10-5-. The van der Waals surface area contributed by atoms with Gasteiger partial charge < -0.3 is 0 Å². The monoisotopic (exact) mass is 253 g/mol. The molecule has 0 saturated carbocycles. The van der Waals surface area contributed by atoms with Crippen molar-refractivity contribution >= 4 is 21.5 Å². The molecule has 0 fully saturated rings. The summed E-state index contributed by atoms with van der Waals surface area (Å²) < 4.78 is 1.05. The normalized spacial score (nSPS) is 11.8. The number of nitrogens with zero attached hydrogens (tertiary/aromatic N) is 1. The van der Waals surface area contributed by atoms with E-state index in [0.29, 0.717) is 0 Å². The maximum absolute atomic E-state index is 4.18. The van der Waals surface area contributed by atoms with E-state index in [1.807, 2.05) is 12.4 Å². The van der Waals surface area contributed by atoms with Crippen molar-refractivity contribution in [3.05, 3.63) is 34.6 Å². The minimum Gasteiger partial charge on any atom is -0.263 e. The van der Waals surface area contributed by atoms with E-state index in [-0.39, 0.29) is 0 Å². The number of allylic oxidation sites excluding steroid dienone is 2. The average Bonchev–Trinajstić information content (AvgIpc) is 2.17. The highest BCUT2D eigenvalue weighted by molar-refractivity contribution is 9.10. The molecule has 0 aromatic carbocycles. The van der Waals surface area contributed by atoms with Gasteiger partial charge in [0, 0.05) is 16.9 Å². The van der Waals surface area contributed by atoms with Crippen molar-refractivity contribution in [2.75, 3.05) is 0 Å². The third kappa shape index (κ3) is 3.26. The Labute approximate surface area is 94.4 Å². The SMILES string of the molecule is CC/C=C(/CCC)c1cncc(Br)c1. The van der Waals surface area contributed by atoms with E-state index in [2.05, 4.69) is 46.9 Å². The first kappa shape index (κ1) is 11.4. The summed E-state index contributed by atoms with van der Waals surface area (Å²) in [5.74, 6) is 0. The topological polar surface area (TPSA) is 12.9 Å². The highest BCUT2D eigenvalue weighted by atomic mass is 79.9. The summed E-state index contributed by atoms with van der Waals surface area (Å²) in [6, 6.07) is 2.13. The Morgan fingerprint density at radius 3 is 2.79 bits per heavy atom. The van der Waals surface area contributed by atoms with Crippen LogP contribution in [0.1, 0.15) is 38.7 Å². The summed E-state index contributed by atoms with van der Waals surface area (Å²) in [4.78, 5) is 4.18. The summed E-state index contributed by atoms with van der Waals surface area (Å²) in [6.07, 6.45) is 9.43. The summed E-state index contributed by atoms with van der Waals surface area (Å²) in [7, 11) is 0. The molecule has 2 heteroatoms. The van der Waals surface area contributed by atoms with Gasteiger partial charge in [-0.05, 0) is 46.0 Å². The van der Waals surface area contributed by atoms with Crippen LogP contribution in [0, 0.1) is 0 Å². The van der Waals surface area contributed by atoms with E-state index in [4.69, 9.17) is 0 Å². The van der Waals surface area contributed by atoms with Gasteiger partial charge in [-0.2, -0.15) is 0 Å². The number of hydrogen-bond donors (Lipinski definition) is 0. The predicted octanol–water partition coefficient (Wildman–Crippen LogP) is 4.44. The van der Waals surface area contributed by atoms with Crippen LogP contribution >= 0.6 is 15.9 Å². The van der Waals surface area contributed by atoms with Crippen LogP contribution in [0.3, 0.4) is 0 Å². The van der Waals surface area contributed by atoms with Crippen molar-refractivity contribution in [1.29, 1.82) is 0 Å². The van der Waals surface area contributed by atoms with Gasteiger partial charge in [0.25, 0.3) is 0 Å². The Bertz CT molecular complexity index is 318. The first-order chi connectivity index (χ1) is 6.77. The van der Waals surface area contributed by atoms with Gasteiger partial charge in [0.1, 0.15) is 0 Å². The molecule has 0 aliphatic carbocycles. The number of hydrogen-bond acceptors (Lipinski definition) is 1. The van der Waals surface area contributed by atoms with E-state index >= 15 is 0 Å². The van der Waals surface area contributed by atoms with Crippen LogP contribution in [-0.2, 0) is 0 Å². The first-order valence-electron chi connectivity index (χ1n) is 5.07. The van der Waals surface area contributed by atoms with Gasteiger partial charge in [0.2, 0.25) is 0 Å². The largest absolute Gasteiger partial charge is 0.263 e.